The lowest BCUT2D eigenvalue weighted by atomic mass is 10.0. The van der Waals surface area contributed by atoms with Gasteiger partial charge in [-0.25, -0.2) is 4.39 Å². The Morgan fingerprint density at radius 2 is 1.84 bits per heavy atom. The zero-order valence-electron chi connectivity index (χ0n) is 13.7. The predicted molar refractivity (Wildman–Crippen MR) is 91.2 cm³/mol. The number of ether oxygens (including phenoxy) is 2. The summed E-state index contributed by atoms with van der Waals surface area (Å²) in [6.45, 7) is 0. The fraction of sp³-hybridized carbons (Fsp3) is 0.222. The minimum absolute atomic E-state index is 0.0956. The van der Waals surface area contributed by atoms with E-state index in [0.29, 0.717) is 16.3 Å². The van der Waals surface area contributed by atoms with Crippen LogP contribution in [-0.2, 0) is 9.53 Å². The maximum atomic E-state index is 14.1. The van der Waals surface area contributed by atoms with E-state index in [1.807, 2.05) is 0 Å². The summed E-state index contributed by atoms with van der Waals surface area (Å²) in [4.78, 5) is 24.1. The summed E-state index contributed by atoms with van der Waals surface area (Å²) in [5.74, 6) is -1.57. The summed E-state index contributed by atoms with van der Waals surface area (Å²) in [6, 6.07) is 9.88. The maximum absolute atomic E-state index is 14.1. The Morgan fingerprint density at radius 3 is 2.40 bits per heavy atom. The van der Waals surface area contributed by atoms with Crippen LogP contribution < -0.4 is 10.1 Å². The number of nitrogens with one attached hydrogen (secondary N) is 1. The minimum atomic E-state index is -0.718. The summed E-state index contributed by atoms with van der Waals surface area (Å²) in [6.07, 6.45) is -0.0956. The zero-order chi connectivity index (χ0) is 18.4. The standard InChI is InChI=1S/C18H17ClFNO4/c1-24-13-7-8-14(15(20)9-13)18(23)21-16(10-17(22)25-2)11-3-5-12(19)6-4-11/h3-9,16H,10H2,1-2H3,(H,21,23). The van der Waals surface area contributed by atoms with Gasteiger partial charge in [0.25, 0.3) is 5.91 Å². The first-order valence-electron chi connectivity index (χ1n) is 7.41. The van der Waals surface area contributed by atoms with Crippen LogP contribution in [0.4, 0.5) is 4.39 Å². The normalized spacial score (nSPS) is 11.5. The van der Waals surface area contributed by atoms with Crippen LogP contribution in [0.5, 0.6) is 5.75 Å². The van der Waals surface area contributed by atoms with E-state index in [1.54, 1.807) is 24.3 Å². The minimum Gasteiger partial charge on any atom is -0.497 e. The lowest BCUT2D eigenvalue weighted by Crippen LogP contribution is -2.31. The van der Waals surface area contributed by atoms with Crippen molar-refractivity contribution in [1.82, 2.24) is 5.32 Å². The molecule has 0 aromatic heterocycles. The molecule has 0 saturated carbocycles. The van der Waals surface area contributed by atoms with Gasteiger partial charge in [-0.1, -0.05) is 23.7 Å². The first-order chi connectivity index (χ1) is 11.9. The molecule has 2 aromatic carbocycles. The van der Waals surface area contributed by atoms with Crippen molar-refractivity contribution in [2.75, 3.05) is 14.2 Å². The molecule has 2 rings (SSSR count). The van der Waals surface area contributed by atoms with E-state index in [1.165, 1.54) is 26.4 Å². The molecule has 0 aliphatic rings. The van der Waals surface area contributed by atoms with Crippen molar-refractivity contribution in [3.05, 3.63) is 64.4 Å². The Labute approximate surface area is 149 Å². The number of hydrogen-bond acceptors (Lipinski definition) is 4. The van der Waals surface area contributed by atoms with Crippen molar-refractivity contribution in [3.63, 3.8) is 0 Å². The molecule has 0 heterocycles. The highest BCUT2D eigenvalue weighted by Crippen LogP contribution is 2.22. The van der Waals surface area contributed by atoms with Crippen LogP contribution in [0, 0.1) is 5.82 Å². The lowest BCUT2D eigenvalue weighted by Gasteiger charge is -2.18. The van der Waals surface area contributed by atoms with Gasteiger partial charge in [0.1, 0.15) is 11.6 Å². The second kappa shape index (κ2) is 8.48. The number of rotatable bonds is 6. The van der Waals surface area contributed by atoms with Gasteiger partial charge in [0, 0.05) is 11.1 Å². The molecule has 1 amide bonds. The molecule has 1 unspecified atom stereocenters. The largest absolute Gasteiger partial charge is 0.497 e. The van der Waals surface area contributed by atoms with E-state index < -0.39 is 23.7 Å². The van der Waals surface area contributed by atoms with Gasteiger partial charge in [-0.15, -0.1) is 0 Å². The number of carbonyl (C=O) groups is 2. The van der Waals surface area contributed by atoms with Crippen LogP contribution in [0.1, 0.15) is 28.4 Å². The van der Waals surface area contributed by atoms with Crippen molar-refractivity contribution in [1.29, 1.82) is 0 Å². The van der Waals surface area contributed by atoms with Crippen LogP contribution in [0.3, 0.4) is 0 Å². The number of benzene rings is 2. The fourth-order valence-corrected chi connectivity index (χ4v) is 2.37. The third kappa shape index (κ3) is 4.93. The monoisotopic (exact) mass is 365 g/mol. The maximum Gasteiger partial charge on any atom is 0.307 e. The highest BCUT2D eigenvalue weighted by atomic mass is 35.5. The Balaban J connectivity index is 2.24. The molecule has 0 radical (unpaired) electrons. The molecule has 25 heavy (non-hydrogen) atoms. The Kier molecular flexibility index (Phi) is 6.36. The van der Waals surface area contributed by atoms with Crippen LogP contribution in [0.25, 0.3) is 0 Å². The molecule has 1 atom stereocenters. The molecule has 0 spiro atoms. The summed E-state index contributed by atoms with van der Waals surface area (Å²) < 4.78 is 23.6. The first-order valence-corrected chi connectivity index (χ1v) is 7.79. The van der Waals surface area contributed by atoms with E-state index in [2.05, 4.69) is 10.1 Å². The number of hydrogen-bond donors (Lipinski definition) is 1. The van der Waals surface area contributed by atoms with Gasteiger partial charge in [0.2, 0.25) is 0 Å². The van der Waals surface area contributed by atoms with Gasteiger partial charge in [-0.05, 0) is 29.8 Å². The summed E-state index contributed by atoms with van der Waals surface area (Å²) >= 11 is 5.86. The average Bonchev–Trinajstić information content (AvgIpc) is 2.61. The number of carbonyl (C=O) groups excluding carboxylic acids is 2. The van der Waals surface area contributed by atoms with E-state index >= 15 is 0 Å². The van der Waals surface area contributed by atoms with Gasteiger partial charge in [0.15, 0.2) is 0 Å². The van der Waals surface area contributed by atoms with Gasteiger partial charge >= 0.3 is 5.97 Å². The van der Waals surface area contributed by atoms with Crippen LogP contribution >= 0.6 is 11.6 Å². The van der Waals surface area contributed by atoms with Crippen molar-refractivity contribution in [3.8, 4) is 5.75 Å². The van der Waals surface area contributed by atoms with Crippen LogP contribution in [0.15, 0.2) is 42.5 Å². The van der Waals surface area contributed by atoms with Crippen LogP contribution in [0.2, 0.25) is 5.02 Å². The summed E-state index contributed by atoms with van der Waals surface area (Å²) in [5, 5.41) is 3.17. The third-order valence-electron chi connectivity index (χ3n) is 3.60. The van der Waals surface area contributed by atoms with E-state index in [0.717, 1.165) is 6.07 Å². The molecular weight excluding hydrogens is 349 g/mol. The third-order valence-corrected chi connectivity index (χ3v) is 3.85. The molecule has 0 saturated heterocycles. The molecule has 1 N–H and O–H groups in total. The fourth-order valence-electron chi connectivity index (χ4n) is 2.24. The number of amides is 1. The van der Waals surface area contributed by atoms with Gasteiger partial charge in [-0.2, -0.15) is 0 Å². The molecule has 5 nitrogen and oxygen atoms in total. The topological polar surface area (TPSA) is 64.6 Å². The second-order valence-electron chi connectivity index (χ2n) is 5.20. The van der Waals surface area contributed by atoms with Crippen molar-refractivity contribution < 1.29 is 23.5 Å². The number of halogens is 2. The van der Waals surface area contributed by atoms with E-state index in [-0.39, 0.29) is 12.0 Å². The van der Waals surface area contributed by atoms with Crippen molar-refractivity contribution in [2.45, 2.75) is 12.5 Å². The molecule has 2 aromatic rings. The zero-order valence-corrected chi connectivity index (χ0v) is 14.5. The number of esters is 1. The molecule has 0 aliphatic heterocycles. The van der Waals surface area contributed by atoms with Crippen LogP contribution in [-0.4, -0.2) is 26.1 Å². The van der Waals surface area contributed by atoms with E-state index in [4.69, 9.17) is 16.3 Å². The highest BCUT2D eigenvalue weighted by Gasteiger charge is 2.21. The van der Waals surface area contributed by atoms with Gasteiger partial charge in [0.05, 0.1) is 32.2 Å². The summed E-state index contributed by atoms with van der Waals surface area (Å²) in [5.41, 5.74) is 0.502. The molecule has 7 heteroatoms. The Morgan fingerprint density at radius 1 is 1.16 bits per heavy atom. The second-order valence-corrected chi connectivity index (χ2v) is 5.64. The quantitative estimate of drug-likeness (QED) is 0.795. The highest BCUT2D eigenvalue weighted by molar-refractivity contribution is 6.30. The van der Waals surface area contributed by atoms with Crippen molar-refractivity contribution >= 4 is 23.5 Å². The first kappa shape index (κ1) is 18.7. The molecular formula is C18H17ClFNO4. The van der Waals surface area contributed by atoms with Gasteiger partial charge < -0.3 is 14.8 Å². The van der Waals surface area contributed by atoms with Gasteiger partial charge in [-0.3, -0.25) is 9.59 Å². The molecule has 132 valence electrons. The lowest BCUT2D eigenvalue weighted by molar-refractivity contribution is -0.141. The Hall–Kier alpha value is -2.60. The summed E-state index contributed by atoms with van der Waals surface area (Å²) in [7, 11) is 2.66. The molecule has 0 bridgehead atoms. The van der Waals surface area contributed by atoms with Crippen molar-refractivity contribution in [2.24, 2.45) is 0 Å². The Bertz CT molecular complexity index is 764. The predicted octanol–water partition coefficient (Wildman–Crippen LogP) is 3.52. The van der Waals surface area contributed by atoms with E-state index in [9.17, 15) is 14.0 Å². The smallest absolute Gasteiger partial charge is 0.307 e. The molecule has 0 fully saturated rings. The molecule has 0 aliphatic carbocycles. The number of methoxy groups -OCH3 is 2. The average molecular weight is 366 g/mol. The SMILES string of the molecule is COC(=O)CC(NC(=O)c1ccc(OC)cc1F)c1ccc(Cl)cc1.